The maximum atomic E-state index is 12.4. The lowest BCUT2D eigenvalue weighted by Gasteiger charge is -2.10. The molecule has 0 aliphatic carbocycles. The van der Waals surface area contributed by atoms with Crippen LogP contribution in [-0.2, 0) is 4.79 Å². The minimum absolute atomic E-state index is 0.149. The topological polar surface area (TPSA) is 82.6 Å². The van der Waals surface area contributed by atoms with Crippen LogP contribution in [0.2, 0.25) is 5.02 Å². The fourth-order valence-corrected chi connectivity index (χ4v) is 3.75. The van der Waals surface area contributed by atoms with Gasteiger partial charge in [0.05, 0.1) is 19.6 Å². The Bertz CT molecular complexity index is 1230. The van der Waals surface area contributed by atoms with E-state index in [1.54, 1.807) is 44.7 Å². The molecule has 4 rings (SSSR count). The maximum absolute atomic E-state index is 12.4. The van der Waals surface area contributed by atoms with E-state index in [4.69, 9.17) is 25.8 Å². The first-order valence-electron chi connectivity index (χ1n) is 9.23. The summed E-state index contributed by atoms with van der Waals surface area (Å²) in [5.41, 5.74) is 1.77. The van der Waals surface area contributed by atoms with Gasteiger partial charge in [-0.15, -0.1) is 0 Å². The molecule has 0 atom stereocenters. The van der Waals surface area contributed by atoms with Crippen LogP contribution in [0.5, 0.6) is 17.2 Å². The van der Waals surface area contributed by atoms with Gasteiger partial charge in [-0.3, -0.25) is 4.79 Å². The number of pyridine rings is 1. The van der Waals surface area contributed by atoms with Gasteiger partial charge in [-0.05, 0) is 59.6 Å². The molecule has 0 spiro atoms. The average molecular weight is 456 g/mol. The first-order valence-corrected chi connectivity index (χ1v) is 10.4. The van der Waals surface area contributed by atoms with E-state index >= 15 is 0 Å². The number of nitrogens with zero attached hydrogens (tertiary/aromatic N) is 2. The Labute approximate surface area is 187 Å². The molecular weight excluding hydrogens is 438 g/mol. The summed E-state index contributed by atoms with van der Waals surface area (Å²) in [4.78, 5) is 17.5. The number of anilines is 1. The van der Waals surface area contributed by atoms with Gasteiger partial charge in [0.1, 0.15) is 10.6 Å². The molecule has 2 aromatic carbocycles. The molecule has 2 aromatic heterocycles. The number of carbonyl (C=O) groups excluding carboxylic acids is 1. The second-order valence-electron chi connectivity index (χ2n) is 6.47. The molecule has 0 unspecified atom stereocenters. The van der Waals surface area contributed by atoms with Crippen LogP contribution in [0, 0.1) is 0 Å². The first-order chi connectivity index (χ1) is 15.1. The minimum atomic E-state index is -0.321. The number of aromatic nitrogens is 2. The Morgan fingerprint density at radius 2 is 1.81 bits per heavy atom. The highest BCUT2D eigenvalue weighted by Crippen LogP contribution is 2.34. The Morgan fingerprint density at radius 3 is 2.55 bits per heavy atom. The third-order valence-corrected chi connectivity index (χ3v) is 5.51. The van der Waals surface area contributed by atoms with E-state index in [0.717, 1.165) is 21.3 Å². The van der Waals surface area contributed by atoms with Crippen LogP contribution >= 0.6 is 23.1 Å². The summed E-state index contributed by atoms with van der Waals surface area (Å²) >= 11 is 7.07. The van der Waals surface area contributed by atoms with Crippen molar-refractivity contribution in [3.63, 3.8) is 0 Å². The van der Waals surface area contributed by atoms with Crippen molar-refractivity contribution in [3.05, 3.63) is 59.8 Å². The van der Waals surface area contributed by atoms with Crippen LogP contribution in [0.15, 0.2) is 54.7 Å². The van der Waals surface area contributed by atoms with Gasteiger partial charge in [-0.1, -0.05) is 17.7 Å². The van der Waals surface area contributed by atoms with E-state index in [-0.39, 0.29) is 12.5 Å². The molecule has 0 aliphatic heterocycles. The predicted octanol–water partition coefficient (Wildman–Crippen LogP) is 5.05. The molecule has 158 valence electrons. The van der Waals surface area contributed by atoms with Crippen molar-refractivity contribution in [2.45, 2.75) is 0 Å². The lowest BCUT2D eigenvalue weighted by Crippen LogP contribution is -2.20. The van der Waals surface area contributed by atoms with Gasteiger partial charge in [-0.25, -0.2) is 4.98 Å². The lowest BCUT2D eigenvalue weighted by molar-refractivity contribution is -0.118. The number of rotatable bonds is 7. The Hall–Kier alpha value is -3.36. The van der Waals surface area contributed by atoms with Gasteiger partial charge >= 0.3 is 0 Å². The van der Waals surface area contributed by atoms with E-state index < -0.39 is 0 Å². The molecule has 0 fully saturated rings. The normalized spacial score (nSPS) is 10.7. The Morgan fingerprint density at radius 1 is 1.03 bits per heavy atom. The van der Waals surface area contributed by atoms with Crippen LogP contribution < -0.4 is 19.5 Å². The number of amides is 1. The Balaban J connectivity index is 1.53. The van der Waals surface area contributed by atoms with Crippen LogP contribution in [-0.4, -0.2) is 36.1 Å². The summed E-state index contributed by atoms with van der Waals surface area (Å²) in [6.45, 7) is -0.149. The predicted molar refractivity (Wildman–Crippen MR) is 122 cm³/mol. The molecule has 31 heavy (non-hydrogen) atoms. The number of carbonyl (C=O) groups is 1. The van der Waals surface area contributed by atoms with Crippen molar-refractivity contribution in [2.24, 2.45) is 0 Å². The second-order valence-corrected chi connectivity index (χ2v) is 7.66. The van der Waals surface area contributed by atoms with Crippen molar-refractivity contribution < 1.29 is 19.0 Å². The van der Waals surface area contributed by atoms with E-state index in [1.807, 2.05) is 24.3 Å². The van der Waals surface area contributed by atoms with Crippen LogP contribution in [0.4, 0.5) is 5.82 Å². The van der Waals surface area contributed by atoms with Crippen molar-refractivity contribution in [1.29, 1.82) is 0 Å². The number of methoxy groups -OCH3 is 2. The summed E-state index contributed by atoms with van der Waals surface area (Å²) in [5, 5.41) is 4.14. The van der Waals surface area contributed by atoms with Crippen molar-refractivity contribution >= 4 is 45.1 Å². The number of halogens is 1. The average Bonchev–Trinajstić information content (AvgIpc) is 3.20. The Kier molecular flexibility index (Phi) is 6.20. The maximum Gasteiger partial charge on any atom is 0.263 e. The molecule has 0 saturated carbocycles. The van der Waals surface area contributed by atoms with Crippen molar-refractivity contribution in [1.82, 2.24) is 9.36 Å². The summed E-state index contributed by atoms with van der Waals surface area (Å²) < 4.78 is 20.5. The highest BCUT2D eigenvalue weighted by atomic mass is 35.5. The fourth-order valence-electron chi connectivity index (χ4n) is 2.94. The number of benzene rings is 2. The largest absolute Gasteiger partial charge is 0.493 e. The zero-order chi connectivity index (χ0) is 21.8. The fraction of sp³-hybridized carbons (Fsp3) is 0.136. The van der Waals surface area contributed by atoms with Crippen LogP contribution in [0.3, 0.4) is 0 Å². The SMILES string of the molecule is COc1ccc(-c2cnc3snc(NC(=O)COc4ccc(Cl)cc4)c3c2)cc1OC. The molecule has 1 amide bonds. The molecule has 2 heterocycles. The zero-order valence-electron chi connectivity index (χ0n) is 16.7. The summed E-state index contributed by atoms with van der Waals surface area (Å²) in [5.74, 6) is 1.95. The third kappa shape index (κ3) is 4.70. The minimum Gasteiger partial charge on any atom is -0.493 e. The molecule has 1 N–H and O–H groups in total. The van der Waals surface area contributed by atoms with Crippen molar-refractivity contribution in [2.75, 3.05) is 26.1 Å². The summed E-state index contributed by atoms with van der Waals surface area (Å²) in [6.07, 6.45) is 1.76. The van der Waals surface area contributed by atoms with E-state index in [2.05, 4.69) is 14.7 Å². The van der Waals surface area contributed by atoms with Gasteiger partial charge in [0.15, 0.2) is 23.9 Å². The third-order valence-electron chi connectivity index (χ3n) is 4.49. The van der Waals surface area contributed by atoms with Gasteiger partial charge in [-0.2, -0.15) is 4.37 Å². The van der Waals surface area contributed by atoms with Gasteiger partial charge in [0, 0.05) is 16.8 Å². The molecule has 7 nitrogen and oxygen atoms in total. The number of hydrogen-bond donors (Lipinski definition) is 1. The highest BCUT2D eigenvalue weighted by Gasteiger charge is 2.14. The number of nitrogens with one attached hydrogen (secondary N) is 1. The number of fused-ring (bicyclic) bond motifs is 1. The van der Waals surface area contributed by atoms with E-state index in [0.29, 0.717) is 28.1 Å². The molecule has 0 aliphatic rings. The number of hydrogen-bond acceptors (Lipinski definition) is 7. The summed E-state index contributed by atoms with van der Waals surface area (Å²) in [7, 11) is 3.18. The lowest BCUT2D eigenvalue weighted by atomic mass is 10.1. The molecule has 4 aromatic rings. The second kappa shape index (κ2) is 9.20. The van der Waals surface area contributed by atoms with Gasteiger partial charge in [0.2, 0.25) is 0 Å². The smallest absolute Gasteiger partial charge is 0.263 e. The summed E-state index contributed by atoms with van der Waals surface area (Å²) in [6, 6.07) is 14.4. The van der Waals surface area contributed by atoms with Gasteiger partial charge in [0.25, 0.3) is 5.91 Å². The highest BCUT2D eigenvalue weighted by molar-refractivity contribution is 7.13. The van der Waals surface area contributed by atoms with E-state index in [9.17, 15) is 4.79 Å². The molecule has 0 saturated heterocycles. The van der Waals surface area contributed by atoms with Gasteiger partial charge < -0.3 is 19.5 Å². The molecule has 0 bridgehead atoms. The van der Waals surface area contributed by atoms with Crippen molar-refractivity contribution in [3.8, 4) is 28.4 Å². The van der Waals surface area contributed by atoms with E-state index in [1.165, 1.54) is 11.5 Å². The monoisotopic (exact) mass is 455 g/mol. The quantitative estimate of drug-likeness (QED) is 0.420. The molecule has 9 heteroatoms. The number of ether oxygens (including phenoxy) is 3. The first kappa shape index (κ1) is 20.9. The van der Waals surface area contributed by atoms with Crippen LogP contribution in [0.1, 0.15) is 0 Å². The standard InChI is InChI=1S/C22H18ClN3O4S/c1-28-18-8-3-13(10-19(18)29-2)14-9-17-21(26-31-22(17)24-11-14)25-20(27)12-30-16-6-4-15(23)5-7-16/h3-11H,12H2,1-2H3,(H,25,26,27). The molecule has 0 radical (unpaired) electrons. The van der Waals surface area contributed by atoms with Crippen LogP contribution in [0.25, 0.3) is 21.3 Å². The zero-order valence-corrected chi connectivity index (χ0v) is 18.3. The molecular formula is C22H18ClN3O4S.